The zero-order valence-corrected chi connectivity index (χ0v) is 19.2. The predicted molar refractivity (Wildman–Crippen MR) is 125 cm³/mol. The Bertz CT molecular complexity index is 1050. The van der Waals surface area contributed by atoms with Gasteiger partial charge in [0.15, 0.2) is 0 Å². The van der Waals surface area contributed by atoms with Crippen LogP contribution in [0.5, 0.6) is 0 Å². The molecule has 5 nitrogen and oxygen atoms in total. The summed E-state index contributed by atoms with van der Waals surface area (Å²) in [5.41, 5.74) is 1.23. The molecule has 0 bridgehead atoms. The van der Waals surface area contributed by atoms with Crippen molar-refractivity contribution in [3.63, 3.8) is 0 Å². The standard InChI is InChI=1S/C27H31FN2O3/c1-27(2,33)13-12-19-8-10-20(11-9-19)25-23-17-29(14-3-4-15-30(23)24(25)18-31)26(32)21-6-5-7-22(28)16-21/h5-11,16,23-25,31,33H,3-4,14-15,17-18H2,1-2H3/t23-,24-,25+/m1/s1. The SMILES string of the molecule is CC(C)(O)C#Cc1ccc([C@@H]2[C@@H](CO)N3CCCCN(C(=O)c4cccc(F)c4)C[C@H]23)cc1. The first-order valence-electron chi connectivity index (χ1n) is 11.5. The molecule has 1 amide bonds. The molecule has 6 heteroatoms. The van der Waals surface area contributed by atoms with Gasteiger partial charge in [-0.15, -0.1) is 0 Å². The van der Waals surface area contributed by atoms with Gasteiger partial charge in [0, 0.05) is 42.2 Å². The molecule has 2 N–H and O–H groups in total. The maximum Gasteiger partial charge on any atom is 0.254 e. The van der Waals surface area contributed by atoms with E-state index in [1.807, 2.05) is 29.2 Å². The van der Waals surface area contributed by atoms with Gasteiger partial charge in [0.05, 0.1) is 6.61 Å². The molecule has 0 saturated carbocycles. The molecule has 4 rings (SSSR count). The van der Waals surface area contributed by atoms with Crippen molar-refractivity contribution >= 4 is 5.91 Å². The molecule has 2 saturated heterocycles. The summed E-state index contributed by atoms with van der Waals surface area (Å²) in [5, 5.41) is 19.9. The summed E-state index contributed by atoms with van der Waals surface area (Å²) in [5.74, 6) is 5.33. The number of amides is 1. The van der Waals surface area contributed by atoms with Crippen molar-refractivity contribution in [2.45, 2.75) is 50.3 Å². The number of hydrogen-bond acceptors (Lipinski definition) is 4. The highest BCUT2D eigenvalue weighted by molar-refractivity contribution is 5.94. The molecule has 0 aliphatic carbocycles. The van der Waals surface area contributed by atoms with Gasteiger partial charge in [-0.05, 0) is 69.1 Å². The van der Waals surface area contributed by atoms with E-state index in [0.29, 0.717) is 18.7 Å². The molecule has 2 aromatic rings. The first-order valence-corrected chi connectivity index (χ1v) is 11.5. The van der Waals surface area contributed by atoms with Gasteiger partial charge in [0.25, 0.3) is 5.91 Å². The number of carbonyl (C=O) groups is 1. The predicted octanol–water partition coefficient (Wildman–Crippen LogP) is 3.01. The molecule has 0 radical (unpaired) electrons. The third-order valence-electron chi connectivity index (χ3n) is 6.54. The number of carbonyl (C=O) groups excluding carboxylic acids is 1. The fourth-order valence-electron chi connectivity index (χ4n) is 4.94. The molecule has 0 aromatic heterocycles. The maximum atomic E-state index is 13.7. The molecular weight excluding hydrogens is 419 g/mol. The van der Waals surface area contributed by atoms with E-state index >= 15 is 0 Å². The van der Waals surface area contributed by atoms with Crippen LogP contribution < -0.4 is 0 Å². The van der Waals surface area contributed by atoms with Crippen molar-refractivity contribution in [1.29, 1.82) is 0 Å². The summed E-state index contributed by atoms with van der Waals surface area (Å²) in [7, 11) is 0. The highest BCUT2D eigenvalue weighted by Crippen LogP contribution is 2.42. The molecule has 2 aromatic carbocycles. The zero-order chi connectivity index (χ0) is 23.6. The number of aliphatic hydroxyl groups is 2. The molecule has 0 spiro atoms. The minimum absolute atomic E-state index is 0.00697. The second kappa shape index (κ2) is 9.64. The fourth-order valence-corrected chi connectivity index (χ4v) is 4.94. The zero-order valence-electron chi connectivity index (χ0n) is 19.2. The van der Waals surface area contributed by atoms with E-state index in [1.165, 1.54) is 12.1 Å². The number of fused-ring (bicyclic) bond motifs is 1. The Hall–Kier alpha value is -2.72. The van der Waals surface area contributed by atoms with E-state index < -0.39 is 11.4 Å². The normalized spacial score (nSPS) is 23.4. The lowest BCUT2D eigenvalue weighted by atomic mass is 9.74. The summed E-state index contributed by atoms with van der Waals surface area (Å²) in [6.45, 7) is 5.42. The van der Waals surface area contributed by atoms with E-state index in [0.717, 1.165) is 30.5 Å². The molecule has 3 atom stereocenters. The van der Waals surface area contributed by atoms with Crippen molar-refractivity contribution in [3.05, 3.63) is 71.0 Å². The number of aliphatic hydroxyl groups excluding tert-OH is 1. The van der Waals surface area contributed by atoms with Crippen LogP contribution in [0.15, 0.2) is 48.5 Å². The van der Waals surface area contributed by atoms with E-state index in [4.69, 9.17) is 0 Å². The first-order chi connectivity index (χ1) is 15.8. The molecule has 33 heavy (non-hydrogen) atoms. The summed E-state index contributed by atoms with van der Waals surface area (Å²) in [6, 6.07) is 13.9. The number of rotatable bonds is 3. The lowest BCUT2D eigenvalue weighted by molar-refractivity contribution is -0.0606. The molecular formula is C27H31FN2O3. The van der Waals surface area contributed by atoms with Crippen LogP contribution in [-0.4, -0.2) is 69.8 Å². The van der Waals surface area contributed by atoms with Gasteiger partial charge in [-0.1, -0.05) is 30.0 Å². The number of halogens is 1. The minimum Gasteiger partial charge on any atom is -0.395 e. The van der Waals surface area contributed by atoms with Gasteiger partial charge in [-0.3, -0.25) is 9.69 Å². The second-order valence-electron chi connectivity index (χ2n) is 9.48. The van der Waals surface area contributed by atoms with Crippen LogP contribution in [0.4, 0.5) is 4.39 Å². The number of benzene rings is 2. The highest BCUT2D eigenvalue weighted by atomic mass is 19.1. The Morgan fingerprint density at radius 2 is 1.88 bits per heavy atom. The van der Waals surface area contributed by atoms with Gasteiger partial charge in [-0.2, -0.15) is 0 Å². The Kier molecular flexibility index (Phi) is 6.85. The van der Waals surface area contributed by atoms with Crippen LogP contribution in [0.25, 0.3) is 0 Å². The van der Waals surface area contributed by atoms with E-state index in [9.17, 15) is 19.4 Å². The third-order valence-corrected chi connectivity index (χ3v) is 6.54. The van der Waals surface area contributed by atoms with Gasteiger partial charge in [0.1, 0.15) is 11.4 Å². The van der Waals surface area contributed by atoms with Crippen molar-refractivity contribution in [2.24, 2.45) is 0 Å². The quantitative estimate of drug-likeness (QED) is 0.706. The van der Waals surface area contributed by atoms with Crippen LogP contribution >= 0.6 is 0 Å². The summed E-state index contributed by atoms with van der Waals surface area (Å²) in [4.78, 5) is 17.3. The molecule has 2 aliphatic rings. The summed E-state index contributed by atoms with van der Waals surface area (Å²) >= 11 is 0. The van der Waals surface area contributed by atoms with Crippen LogP contribution in [0.1, 0.15) is 54.1 Å². The van der Waals surface area contributed by atoms with E-state index in [-0.39, 0.29) is 30.5 Å². The number of nitrogens with zero attached hydrogens (tertiary/aromatic N) is 2. The van der Waals surface area contributed by atoms with Crippen LogP contribution in [-0.2, 0) is 0 Å². The number of hydrogen-bond donors (Lipinski definition) is 2. The molecule has 174 valence electrons. The second-order valence-corrected chi connectivity index (χ2v) is 9.48. The third kappa shape index (κ3) is 5.27. The van der Waals surface area contributed by atoms with Crippen molar-refractivity contribution in [3.8, 4) is 11.8 Å². The van der Waals surface area contributed by atoms with Crippen LogP contribution in [0.2, 0.25) is 0 Å². The summed E-state index contributed by atoms with van der Waals surface area (Å²) < 4.78 is 13.7. The van der Waals surface area contributed by atoms with Gasteiger partial charge >= 0.3 is 0 Å². The maximum absolute atomic E-state index is 13.7. The topological polar surface area (TPSA) is 64.0 Å². The van der Waals surface area contributed by atoms with Crippen molar-refractivity contribution in [2.75, 3.05) is 26.2 Å². The average molecular weight is 451 g/mol. The Morgan fingerprint density at radius 1 is 1.15 bits per heavy atom. The minimum atomic E-state index is -1.05. The Labute approximate surface area is 194 Å². The summed E-state index contributed by atoms with van der Waals surface area (Å²) in [6.07, 6.45) is 1.82. The van der Waals surface area contributed by atoms with Crippen molar-refractivity contribution in [1.82, 2.24) is 9.80 Å². The Balaban J connectivity index is 1.56. The van der Waals surface area contributed by atoms with Gasteiger partial charge < -0.3 is 15.1 Å². The first kappa shape index (κ1) is 23.4. The molecule has 2 fully saturated rings. The van der Waals surface area contributed by atoms with Crippen molar-refractivity contribution < 1.29 is 19.4 Å². The van der Waals surface area contributed by atoms with Crippen LogP contribution in [0.3, 0.4) is 0 Å². The van der Waals surface area contributed by atoms with Gasteiger partial charge in [-0.25, -0.2) is 4.39 Å². The molecule has 2 heterocycles. The smallest absolute Gasteiger partial charge is 0.254 e. The lowest BCUT2D eigenvalue weighted by Gasteiger charge is -2.57. The lowest BCUT2D eigenvalue weighted by Crippen LogP contribution is -2.67. The molecule has 0 unspecified atom stereocenters. The largest absolute Gasteiger partial charge is 0.395 e. The Morgan fingerprint density at radius 3 is 2.55 bits per heavy atom. The molecule has 2 aliphatic heterocycles. The van der Waals surface area contributed by atoms with Gasteiger partial charge in [0.2, 0.25) is 0 Å². The average Bonchev–Trinajstić information content (AvgIpc) is 2.76. The fraction of sp³-hybridized carbons (Fsp3) is 0.444. The van der Waals surface area contributed by atoms with Crippen LogP contribution in [0, 0.1) is 17.7 Å². The highest BCUT2D eigenvalue weighted by Gasteiger charge is 2.49. The monoisotopic (exact) mass is 450 g/mol. The van der Waals surface area contributed by atoms with E-state index in [2.05, 4.69) is 16.7 Å². The van der Waals surface area contributed by atoms with E-state index in [1.54, 1.807) is 26.0 Å².